The van der Waals surface area contributed by atoms with Crippen molar-refractivity contribution < 1.29 is 19.4 Å². The maximum absolute atomic E-state index is 12.9. The molecule has 9 heteroatoms. The van der Waals surface area contributed by atoms with Gasteiger partial charge >= 0.3 is 5.97 Å². The van der Waals surface area contributed by atoms with Crippen LogP contribution >= 0.6 is 0 Å². The van der Waals surface area contributed by atoms with Crippen molar-refractivity contribution >= 4 is 11.9 Å². The second kappa shape index (κ2) is 6.88. The maximum Gasteiger partial charge on any atom is 0.308 e. The third-order valence-corrected chi connectivity index (χ3v) is 4.16. The summed E-state index contributed by atoms with van der Waals surface area (Å²) >= 11 is 0. The molecule has 9 nitrogen and oxygen atoms in total. The molecule has 1 heterocycles. The molecule has 1 saturated carbocycles. The van der Waals surface area contributed by atoms with Crippen LogP contribution in [0.5, 0.6) is 5.75 Å². The Balaban J connectivity index is 1.90. The normalized spacial score (nSPS) is 14.8. The second-order valence-electron chi connectivity index (χ2n) is 6.07. The summed E-state index contributed by atoms with van der Waals surface area (Å²) in [5, 5.41) is 20.2. The Morgan fingerprint density at radius 2 is 2.20 bits per heavy atom. The predicted molar refractivity (Wildman–Crippen MR) is 86.6 cm³/mol. The minimum atomic E-state index is -0.914. The van der Waals surface area contributed by atoms with Gasteiger partial charge in [0.05, 0.1) is 13.0 Å². The van der Waals surface area contributed by atoms with Gasteiger partial charge in [0.1, 0.15) is 17.8 Å². The minimum Gasteiger partial charge on any atom is -0.494 e. The lowest BCUT2D eigenvalue weighted by molar-refractivity contribution is -0.141. The van der Waals surface area contributed by atoms with Gasteiger partial charge in [0, 0.05) is 18.2 Å². The number of tetrazole rings is 1. The highest BCUT2D eigenvalue weighted by Gasteiger charge is 2.35. The number of carboxylic acid groups (broad SMARTS) is 1. The number of methoxy groups -OCH3 is 1. The Labute approximate surface area is 144 Å². The van der Waals surface area contributed by atoms with E-state index in [2.05, 4.69) is 15.5 Å². The molecule has 1 aromatic heterocycles. The van der Waals surface area contributed by atoms with Crippen LogP contribution in [0.4, 0.5) is 0 Å². The van der Waals surface area contributed by atoms with Crippen molar-refractivity contribution in [2.45, 2.75) is 25.8 Å². The van der Waals surface area contributed by atoms with Crippen LogP contribution in [0.15, 0.2) is 24.5 Å². The molecular formula is C16H19N5O4. The van der Waals surface area contributed by atoms with Gasteiger partial charge in [-0.3, -0.25) is 9.59 Å². The first-order valence-electron chi connectivity index (χ1n) is 7.96. The number of rotatable bonds is 7. The fraction of sp³-hybridized carbons (Fsp3) is 0.438. The fourth-order valence-corrected chi connectivity index (χ4v) is 2.60. The highest BCUT2D eigenvalue weighted by atomic mass is 16.5. The molecule has 2 aromatic rings. The average Bonchev–Trinajstić information content (AvgIpc) is 3.31. The molecule has 0 spiro atoms. The van der Waals surface area contributed by atoms with E-state index in [-0.39, 0.29) is 18.5 Å². The van der Waals surface area contributed by atoms with Gasteiger partial charge in [0.2, 0.25) is 0 Å². The molecular weight excluding hydrogens is 326 g/mol. The number of carbonyl (C=O) groups is 2. The van der Waals surface area contributed by atoms with E-state index in [0.29, 0.717) is 17.0 Å². The Morgan fingerprint density at radius 3 is 2.76 bits per heavy atom. The number of carbonyl (C=O) groups excluding carboxylic acids is 1. The largest absolute Gasteiger partial charge is 0.494 e. The number of amides is 1. The van der Waals surface area contributed by atoms with Gasteiger partial charge in [-0.2, -0.15) is 4.68 Å². The lowest BCUT2D eigenvalue weighted by atomic mass is 10.1. The molecule has 132 valence electrons. The molecule has 1 N–H and O–H groups in total. The van der Waals surface area contributed by atoms with Crippen molar-refractivity contribution in [1.29, 1.82) is 0 Å². The Bertz CT molecular complexity index is 773. The number of aromatic nitrogens is 4. The zero-order valence-corrected chi connectivity index (χ0v) is 14.0. The van der Waals surface area contributed by atoms with Crippen molar-refractivity contribution in [2.75, 3.05) is 13.7 Å². The van der Waals surface area contributed by atoms with E-state index in [0.717, 1.165) is 12.8 Å². The van der Waals surface area contributed by atoms with E-state index in [1.54, 1.807) is 30.0 Å². The van der Waals surface area contributed by atoms with Crippen LogP contribution in [0, 0.1) is 5.92 Å². The third kappa shape index (κ3) is 3.59. The molecule has 0 bridgehead atoms. The summed E-state index contributed by atoms with van der Waals surface area (Å²) in [5.74, 6) is -1.21. The van der Waals surface area contributed by atoms with Crippen LogP contribution in [0.2, 0.25) is 0 Å². The van der Waals surface area contributed by atoms with Crippen molar-refractivity contribution in [1.82, 2.24) is 25.1 Å². The Morgan fingerprint density at radius 1 is 1.44 bits per heavy atom. The Kier molecular flexibility index (Phi) is 4.64. The summed E-state index contributed by atoms with van der Waals surface area (Å²) in [6.07, 6.45) is 3.21. The van der Waals surface area contributed by atoms with Gasteiger partial charge in [-0.1, -0.05) is 6.92 Å². The molecule has 3 rings (SSSR count). The topological polar surface area (TPSA) is 110 Å². The van der Waals surface area contributed by atoms with Crippen LogP contribution in [-0.4, -0.2) is 61.8 Å². The van der Waals surface area contributed by atoms with Gasteiger partial charge in [0.25, 0.3) is 5.91 Å². The van der Waals surface area contributed by atoms with Crippen LogP contribution in [0.1, 0.15) is 30.1 Å². The number of ether oxygens (including phenoxy) is 1. The molecule has 0 radical (unpaired) electrons. The quantitative estimate of drug-likeness (QED) is 0.797. The van der Waals surface area contributed by atoms with Gasteiger partial charge in [-0.25, -0.2) is 0 Å². The summed E-state index contributed by atoms with van der Waals surface area (Å²) < 4.78 is 6.71. The molecule has 25 heavy (non-hydrogen) atoms. The fourth-order valence-electron chi connectivity index (χ4n) is 2.60. The summed E-state index contributed by atoms with van der Waals surface area (Å²) in [6.45, 7) is 1.79. The molecule has 1 atom stereocenters. The van der Waals surface area contributed by atoms with Gasteiger partial charge in [0.15, 0.2) is 0 Å². The van der Waals surface area contributed by atoms with E-state index in [9.17, 15) is 9.59 Å². The van der Waals surface area contributed by atoms with Crippen LogP contribution in [0.3, 0.4) is 0 Å². The zero-order valence-electron chi connectivity index (χ0n) is 14.0. The SMILES string of the molecule is COc1ccc(C(=O)N(CC(C)C(=O)O)C2CC2)cc1-n1cnnn1. The van der Waals surface area contributed by atoms with E-state index in [1.807, 2.05) is 0 Å². The standard InChI is InChI=1S/C16H19N5O4/c1-10(16(23)24)8-20(12-4-5-12)15(22)11-3-6-14(25-2)13(7-11)21-9-17-18-19-21/h3,6-7,9-10,12H,4-5,8H2,1-2H3,(H,23,24). The van der Waals surface area contributed by atoms with E-state index >= 15 is 0 Å². The molecule has 1 aliphatic rings. The first-order chi connectivity index (χ1) is 12.0. The molecule has 1 aromatic carbocycles. The van der Waals surface area contributed by atoms with Crippen LogP contribution < -0.4 is 4.74 Å². The van der Waals surface area contributed by atoms with Crippen molar-refractivity contribution in [3.63, 3.8) is 0 Å². The number of aliphatic carboxylic acids is 1. The summed E-state index contributed by atoms with van der Waals surface area (Å²) in [4.78, 5) is 25.7. The van der Waals surface area contributed by atoms with Crippen LogP contribution in [-0.2, 0) is 4.79 Å². The highest BCUT2D eigenvalue weighted by molar-refractivity contribution is 5.95. The lowest BCUT2D eigenvalue weighted by Crippen LogP contribution is -2.38. The number of hydrogen-bond acceptors (Lipinski definition) is 6. The first-order valence-corrected chi connectivity index (χ1v) is 7.96. The Hall–Kier alpha value is -2.97. The zero-order chi connectivity index (χ0) is 18.0. The monoisotopic (exact) mass is 345 g/mol. The molecule has 1 aliphatic carbocycles. The summed E-state index contributed by atoms with van der Waals surface area (Å²) in [6, 6.07) is 5.09. The highest BCUT2D eigenvalue weighted by Crippen LogP contribution is 2.30. The first kappa shape index (κ1) is 16.9. The molecule has 0 saturated heterocycles. The predicted octanol–water partition coefficient (Wildman–Crippen LogP) is 0.996. The molecule has 1 fully saturated rings. The van der Waals surface area contributed by atoms with Crippen molar-refractivity contribution in [2.24, 2.45) is 5.92 Å². The minimum absolute atomic E-state index is 0.105. The smallest absolute Gasteiger partial charge is 0.308 e. The van der Waals surface area contributed by atoms with Crippen LogP contribution in [0.25, 0.3) is 5.69 Å². The van der Waals surface area contributed by atoms with Gasteiger partial charge in [-0.05, 0) is 41.5 Å². The van der Waals surface area contributed by atoms with Crippen molar-refractivity contribution in [3.05, 3.63) is 30.1 Å². The molecule has 1 unspecified atom stereocenters. The van der Waals surface area contributed by atoms with E-state index < -0.39 is 11.9 Å². The molecule has 1 amide bonds. The number of benzene rings is 1. The maximum atomic E-state index is 12.9. The summed E-state index contributed by atoms with van der Waals surface area (Å²) in [5.41, 5.74) is 0.983. The van der Waals surface area contributed by atoms with Gasteiger partial charge in [-0.15, -0.1) is 5.10 Å². The van der Waals surface area contributed by atoms with E-state index in [1.165, 1.54) is 18.1 Å². The number of nitrogens with zero attached hydrogens (tertiary/aromatic N) is 5. The lowest BCUT2D eigenvalue weighted by Gasteiger charge is -2.24. The number of carboxylic acids is 1. The second-order valence-corrected chi connectivity index (χ2v) is 6.07. The average molecular weight is 345 g/mol. The van der Waals surface area contributed by atoms with E-state index in [4.69, 9.17) is 9.84 Å². The van der Waals surface area contributed by atoms with Gasteiger partial charge < -0.3 is 14.7 Å². The third-order valence-electron chi connectivity index (χ3n) is 4.16. The number of hydrogen-bond donors (Lipinski definition) is 1. The summed E-state index contributed by atoms with van der Waals surface area (Å²) in [7, 11) is 1.52. The van der Waals surface area contributed by atoms with Crippen molar-refractivity contribution in [3.8, 4) is 11.4 Å². The molecule has 0 aliphatic heterocycles.